The minimum absolute atomic E-state index is 0. The van der Waals surface area contributed by atoms with Gasteiger partial charge >= 0.3 is 0 Å². The molecule has 7 heteroatoms. The highest BCUT2D eigenvalue weighted by Crippen LogP contribution is 2.20. The summed E-state index contributed by atoms with van der Waals surface area (Å²) in [5.74, 6) is 0.166. The van der Waals surface area contributed by atoms with Crippen LogP contribution >= 0.6 is 0 Å². The van der Waals surface area contributed by atoms with Crippen molar-refractivity contribution in [1.29, 1.82) is 0 Å². The van der Waals surface area contributed by atoms with Crippen molar-refractivity contribution >= 4 is 22.6 Å². The second-order valence-electron chi connectivity index (χ2n) is 7.32. The zero-order chi connectivity index (χ0) is 20.2. The fourth-order valence-electron chi connectivity index (χ4n) is 3.45. The van der Waals surface area contributed by atoms with Crippen LogP contribution in [-0.4, -0.2) is 57.0 Å². The van der Waals surface area contributed by atoms with Crippen LogP contribution in [0.4, 0.5) is 0 Å². The average Bonchev–Trinajstić information content (AvgIpc) is 2.61. The number of carbonyl (C=O) groups excluding carboxylic acids is 2. The van der Waals surface area contributed by atoms with Crippen LogP contribution in [0.25, 0.3) is 10.8 Å². The maximum absolute atomic E-state index is 11.3. The van der Waals surface area contributed by atoms with Gasteiger partial charge in [-0.25, -0.2) is 5.10 Å². The van der Waals surface area contributed by atoms with E-state index in [0.717, 1.165) is 17.5 Å². The minimum Gasteiger partial charge on any atom is -0.339 e. The molecule has 0 atom stereocenters. The Morgan fingerprint density at radius 2 is 1.71 bits per heavy atom. The number of nitrogens with one attached hydrogen (secondary N) is 1. The van der Waals surface area contributed by atoms with Crippen molar-refractivity contribution in [3.8, 4) is 0 Å². The van der Waals surface area contributed by atoms with E-state index in [1.54, 1.807) is 18.7 Å². The van der Waals surface area contributed by atoms with E-state index in [9.17, 15) is 14.4 Å². The first-order valence-corrected chi connectivity index (χ1v) is 9.17. The van der Waals surface area contributed by atoms with Crippen molar-refractivity contribution in [2.45, 2.75) is 54.0 Å². The number of aryl methyl sites for hydroxylation is 1. The van der Waals surface area contributed by atoms with E-state index in [1.807, 2.05) is 49.9 Å². The normalized spacial score (nSPS) is 15.3. The van der Waals surface area contributed by atoms with E-state index in [2.05, 4.69) is 10.2 Å². The Labute approximate surface area is 166 Å². The first-order valence-electron chi connectivity index (χ1n) is 9.17. The summed E-state index contributed by atoms with van der Waals surface area (Å²) in [6, 6.07) is 7.52. The van der Waals surface area contributed by atoms with Gasteiger partial charge < -0.3 is 9.80 Å². The molecular weight excluding hydrogens is 356 g/mol. The smallest absolute Gasteiger partial charge is 0.272 e. The van der Waals surface area contributed by atoms with Crippen LogP contribution in [0.3, 0.4) is 0 Å². The lowest BCUT2D eigenvalue weighted by Crippen LogP contribution is -2.61. The molecule has 3 rings (SSSR count). The molecule has 7 nitrogen and oxygen atoms in total. The van der Waals surface area contributed by atoms with Gasteiger partial charge in [-0.05, 0) is 26.3 Å². The van der Waals surface area contributed by atoms with Crippen molar-refractivity contribution in [1.82, 2.24) is 20.0 Å². The first kappa shape index (κ1) is 23.3. The van der Waals surface area contributed by atoms with E-state index in [-0.39, 0.29) is 30.3 Å². The van der Waals surface area contributed by atoms with Gasteiger partial charge in [0, 0.05) is 38.9 Å². The Balaban J connectivity index is 0.000000271. The molecule has 28 heavy (non-hydrogen) atoms. The number of aromatic nitrogens is 2. The molecule has 1 fully saturated rings. The molecule has 0 bridgehead atoms. The summed E-state index contributed by atoms with van der Waals surface area (Å²) >= 11 is 0. The molecule has 154 valence electrons. The minimum atomic E-state index is -0.240. The molecule has 0 spiro atoms. The van der Waals surface area contributed by atoms with Crippen LogP contribution in [0, 0.1) is 0 Å². The SMILES string of the molecule is C.CC(=O)N1CCN(C(C)=O)C(C)(C)C1.CCc1n[nH]c(=O)c2ccccc12. The van der Waals surface area contributed by atoms with E-state index in [4.69, 9.17) is 0 Å². The van der Waals surface area contributed by atoms with E-state index < -0.39 is 0 Å². The molecule has 1 aliphatic heterocycles. The number of H-pyrrole nitrogens is 1. The standard InChI is InChI=1S/C10H18N2O2.C10H10N2O.CH4/c1-8(13)11-5-6-12(9(2)14)10(3,4)7-11;1-2-9-7-5-3-4-6-8(7)10(13)12-11-9;/h5-7H2,1-4H3;3-6H,2H2,1H3,(H,12,13);1H4. The molecule has 0 aliphatic carbocycles. The van der Waals surface area contributed by atoms with Crippen LogP contribution in [0.1, 0.15) is 47.7 Å². The number of amides is 2. The number of aromatic amines is 1. The highest BCUT2D eigenvalue weighted by Gasteiger charge is 2.35. The molecule has 1 aromatic heterocycles. The molecule has 1 aromatic carbocycles. The molecular formula is C21H32N4O3. The molecule has 1 aliphatic rings. The van der Waals surface area contributed by atoms with Crippen LogP contribution in [0.2, 0.25) is 0 Å². The third-order valence-corrected chi connectivity index (χ3v) is 4.84. The molecule has 2 amide bonds. The van der Waals surface area contributed by atoms with Crippen molar-refractivity contribution in [2.24, 2.45) is 0 Å². The van der Waals surface area contributed by atoms with Gasteiger partial charge in [0.2, 0.25) is 11.8 Å². The number of fused-ring (bicyclic) bond motifs is 1. The summed E-state index contributed by atoms with van der Waals surface area (Å²) in [6.07, 6.45) is 0.831. The number of benzene rings is 1. The van der Waals surface area contributed by atoms with Crippen molar-refractivity contribution in [2.75, 3.05) is 19.6 Å². The first-order chi connectivity index (χ1) is 12.7. The predicted molar refractivity (Wildman–Crippen MR) is 112 cm³/mol. The predicted octanol–water partition coefficient (Wildman–Crippen LogP) is 2.60. The zero-order valence-electron chi connectivity index (χ0n) is 16.7. The summed E-state index contributed by atoms with van der Waals surface area (Å²) in [5.41, 5.74) is 0.582. The van der Waals surface area contributed by atoms with Gasteiger partial charge in [-0.3, -0.25) is 14.4 Å². The van der Waals surface area contributed by atoms with Gasteiger partial charge in [0.25, 0.3) is 5.56 Å². The molecule has 0 unspecified atom stereocenters. The summed E-state index contributed by atoms with van der Waals surface area (Å²) in [4.78, 5) is 37.4. The monoisotopic (exact) mass is 388 g/mol. The van der Waals surface area contributed by atoms with Crippen LogP contribution in [0.5, 0.6) is 0 Å². The number of rotatable bonds is 1. The quantitative estimate of drug-likeness (QED) is 0.814. The van der Waals surface area contributed by atoms with E-state index in [1.165, 1.54) is 0 Å². The van der Waals surface area contributed by atoms with E-state index in [0.29, 0.717) is 25.0 Å². The van der Waals surface area contributed by atoms with Crippen LogP contribution < -0.4 is 5.56 Å². The number of hydrogen-bond donors (Lipinski definition) is 1. The zero-order valence-corrected chi connectivity index (χ0v) is 16.7. The second kappa shape index (κ2) is 9.48. The van der Waals surface area contributed by atoms with Gasteiger partial charge in [-0.2, -0.15) is 5.10 Å². The number of carbonyl (C=O) groups is 2. The molecule has 1 N–H and O–H groups in total. The van der Waals surface area contributed by atoms with Crippen LogP contribution in [-0.2, 0) is 16.0 Å². The Kier molecular flexibility index (Phi) is 7.90. The van der Waals surface area contributed by atoms with Gasteiger partial charge in [0.05, 0.1) is 16.6 Å². The maximum atomic E-state index is 11.3. The number of piperazine rings is 1. The average molecular weight is 389 g/mol. The third-order valence-electron chi connectivity index (χ3n) is 4.84. The molecule has 2 aromatic rings. The number of nitrogens with zero attached hydrogens (tertiary/aromatic N) is 3. The fraction of sp³-hybridized carbons (Fsp3) is 0.524. The third kappa shape index (κ3) is 5.18. The van der Waals surface area contributed by atoms with Crippen molar-refractivity contribution in [3.05, 3.63) is 40.3 Å². The van der Waals surface area contributed by atoms with Crippen LogP contribution in [0.15, 0.2) is 29.1 Å². The Morgan fingerprint density at radius 1 is 1.11 bits per heavy atom. The van der Waals surface area contributed by atoms with Gasteiger partial charge in [-0.1, -0.05) is 32.5 Å². The molecule has 0 saturated carbocycles. The molecule has 2 heterocycles. The lowest BCUT2D eigenvalue weighted by atomic mass is 9.99. The number of hydrogen-bond acceptors (Lipinski definition) is 4. The summed E-state index contributed by atoms with van der Waals surface area (Å²) in [5, 5.41) is 8.15. The van der Waals surface area contributed by atoms with Gasteiger partial charge in [-0.15, -0.1) is 0 Å². The molecule has 1 saturated heterocycles. The highest BCUT2D eigenvalue weighted by molar-refractivity contribution is 5.83. The van der Waals surface area contributed by atoms with Gasteiger partial charge in [0.1, 0.15) is 0 Å². The largest absolute Gasteiger partial charge is 0.339 e. The Bertz CT molecular complexity index is 889. The highest BCUT2D eigenvalue weighted by atomic mass is 16.2. The topological polar surface area (TPSA) is 86.4 Å². The summed E-state index contributed by atoms with van der Waals surface area (Å²) in [7, 11) is 0. The maximum Gasteiger partial charge on any atom is 0.272 e. The van der Waals surface area contributed by atoms with Crippen molar-refractivity contribution < 1.29 is 9.59 Å². The summed E-state index contributed by atoms with van der Waals surface area (Å²) in [6.45, 7) is 11.1. The Hall–Kier alpha value is -2.70. The second-order valence-corrected chi connectivity index (χ2v) is 7.32. The summed E-state index contributed by atoms with van der Waals surface area (Å²) < 4.78 is 0. The lowest BCUT2D eigenvalue weighted by Gasteiger charge is -2.46. The van der Waals surface area contributed by atoms with E-state index >= 15 is 0 Å². The fourth-order valence-corrected chi connectivity index (χ4v) is 3.45. The molecule has 0 radical (unpaired) electrons. The van der Waals surface area contributed by atoms with Crippen molar-refractivity contribution in [3.63, 3.8) is 0 Å². The Morgan fingerprint density at radius 3 is 2.21 bits per heavy atom. The lowest BCUT2D eigenvalue weighted by molar-refractivity contribution is -0.145. The van der Waals surface area contributed by atoms with Gasteiger partial charge in [0.15, 0.2) is 0 Å².